The highest BCUT2D eigenvalue weighted by atomic mass is 79.9. The van der Waals surface area contributed by atoms with Gasteiger partial charge in [-0.2, -0.15) is 0 Å². The number of allylic oxidation sites excluding steroid dienone is 1. The van der Waals surface area contributed by atoms with Crippen molar-refractivity contribution in [1.29, 1.82) is 0 Å². The molecule has 0 aliphatic carbocycles. The van der Waals surface area contributed by atoms with Crippen molar-refractivity contribution in [3.63, 3.8) is 0 Å². The van der Waals surface area contributed by atoms with Crippen molar-refractivity contribution in [3.8, 4) is 0 Å². The van der Waals surface area contributed by atoms with E-state index in [-0.39, 0.29) is 0 Å². The number of hydrogen-bond donors (Lipinski definition) is 1. The Morgan fingerprint density at radius 2 is 2.30 bits per heavy atom. The molecule has 0 spiro atoms. The molecule has 0 unspecified atom stereocenters. The second-order valence-electron chi connectivity index (χ2n) is 1.58. The van der Waals surface area contributed by atoms with Gasteiger partial charge in [-0.1, -0.05) is 15.9 Å². The zero-order chi connectivity index (χ0) is 7.98. The van der Waals surface area contributed by atoms with Crippen LogP contribution < -0.4 is 5.32 Å². The van der Waals surface area contributed by atoms with E-state index in [0.717, 1.165) is 4.48 Å². The lowest BCUT2D eigenvalue weighted by Gasteiger charge is -1.93. The van der Waals surface area contributed by atoms with Gasteiger partial charge >= 0.3 is 0 Å². The fourth-order valence-corrected chi connectivity index (χ4v) is 0.437. The minimum Gasteiger partial charge on any atom is -0.357 e. The molecular formula is C6H10BrN3. The van der Waals surface area contributed by atoms with Crippen molar-refractivity contribution in [2.24, 2.45) is 9.98 Å². The van der Waals surface area contributed by atoms with Crippen LogP contribution in [0.25, 0.3) is 0 Å². The summed E-state index contributed by atoms with van der Waals surface area (Å²) in [6.07, 6.45) is 1.65. The minimum atomic E-state index is 0.513. The molecule has 0 aromatic heterocycles. The quantitative estimate of drug-likeness (QED) is 0.510. The van der Waals surface area contributed by atoms with Crippen LogP contribution in [-0.2, 0) is 0 Å². The SMILES string of the molecule is C=N/C(=N\C=C(/C)Br)NC. The smallest absolute Gasteiger partial charge is 0.221 e. The van der Waals surface area contributed by atoms with E-state index < -0.39 is 0 Å². The molecule has 0 bridgehead atoms. The summed E-state index contributed by atoms with van der Waals surface area (Å²) in [5, 5.41) is 2.76. The molecule has 0 aliphatic heterocycles. The monoisotopic (exact) mass is 203 g/mol. The van der Waals surface area contributed by atoms with Crippen LogP contribution >= 0.6 is 15.9 Å². The van der Waals surface area contributed by atoms with Gasteiger partial charge in [-0.25, -0.2) is 9.98 Å². The van der Waals surface area contributed by atoms with Gasteiger partial charge in [0.15, 0.2) is 0 Å². The molecule has 0 aromatic rings. The third kappa shape index (κ3) is 4.26. The molecule has 0 aliphatic rings. The highest BCUT2D eigenvalue weighted by Gasteiger charge is 1.83. The van der Waals surface area contributed by atoms with E-state index in [9.17, 15) is 0 Å². The van der Waals surface area contributed by atoms with Gasteiger partial charge in [0.1, 0.15) is 0 Å². The molecule has 0 saturated carbocycles. The first-order chi connectivity index (χ1) is 4.70. The Balaban J connectivity index is 4.12. The molecule has 4 heteroatoms. The van der Waals surface area contributed by atoms with Crippen LogP contribution in [0.3, 0.4) is 0 Å². The molecule has 56 valence electrons. The molecular weight excluding hydrogens is 194 g/mol. The molecule has 0 amide bonds. The average Bonchev–Trinajstić information content (AvgIpc) is 1.90. The lowest BCUT2D eigenvalue weighted by atomic mass is 10.7. The van der Waals surface area contributed by atoms with E-state index in [1.165, 1.54) is 0 Å². The fraction of sp³-hybridized carbons (Fsp3) is 0.333. The fourth-order valence-electron chi connectivity index (χ4n) is 0.335. The van der Waals surface area contributed by atoms with Gasteiger partial charge in [-0.05, 0) is 13.6 Å². The summed E-state index contributed by atoms with van der Waals surface area (Å²) in [5.74, 6) is 0.513. The highest BCUT2D eigenvalue weighted by Crippen LogP contribution is 2.00. The van der Waals surface area contributed by atoms with Crippen LogP contribution in [0.5, 0.6) is 0 Å². The van der Waals surface area contributed by atoms with Gasteiger partial charge in [0, 0.05) is 17.7 Å². The second-order valence-corrected chi connectivity index (χ2v) is 2.83. The lowest BCUT2D eigenvalue weighted by molar-refractivity contribution is 1.14. The number of rotatable bonds is 1. The van der Waals surface area contributed by atoms with Crippen LogP contribution in [0.4, 0.5) is 0 Å². The average molecular weight is 204 g/mol. The number of nitrogens with zero attached hydrogens (tertiary/aromatic N) is 2. The van der Waals surface area contributed by atoms with Gasteiger partial charge in [-0.3, -0.25) is 0 Å². The molecule has 0 fully saturated rings. The van der Waals surface area contributed by atoms with Crippen molar-refractivity contribution in [1.82, 2.24) is 5.32 Å². The van der Waals surface area contributed by atoms with Crippen molar-refractivity contribution in [3.05, 3.63) is 10.7 Å². The summed E-state index contributed by atoms with van der Waals surface area (Å²) in [6, 6.07) is 0. The molecule has 1 N–H and O–H groups in total. The predicted molar refractivity (Wildman–Crippen MR) is 48.7 cm³/mol. The van der Waals surface area contributed by atoms with E-state index in [0.29, 0.717) is 5.96 Å². The summed E-state index contributed by atoms with van der Waals surface area (Å²) in [5.41, 5.74) is 0. The molecule has 0 aromatic carbocycles. The van der Waals surface area contributed by atoms with Gasteiger partial charge in [0.25, 0.3) is 0 Å². The standard InChI is InChI=1S/C6H10BrN3/c1-5(7)4-10-6(8-2)9-3/h4H,2H2,1,3H3,(H,9,10)/b5-4+. The zero-order valence-electron chi connectivity index (χ0n) is 6.06. The van der Waals surface area contributed by atoms with Crippen LogP contribution in [0.2, 0.25) is 0 Å². The van der Waals surface area contributed by atoms with Gasteiger partial charge < -0.3 is 5.32 Å². The Labute approximate surface area is 69.1 Å². The largest absolute Gasteiger partial charge is 0.357 e. The summed E-state index contributed by atoms with van der Waals surface area (Å²) in [4.78, 5) is 7.53. The number of halogens is 1. The summed E-state index contributed by atoms with van der Waals surface area (Å²) < 4.78 is 0.948. The summed E-state index contributed by atoms with van der Waals surface area (Å²) in [6.45, 7) is 5.21. The Morgan fingerprint density at radius 1 is 1.70 bits per heavy atom. The van der Waals surface area contributed by atoms with Crippen molar-refractivity contribution < 1.29 is 0 Å². The molecule has 0 saturated heterocycles. The van der Waals surface area contributed by atoms with E-state index in [1.807, 2.05) is 6.92 Å². The number of nitrogens with one attached hydrogen (secondary N) is 1. The Morgan fingerprint density at radius 3 is 2.60 bits per heavy atom. The minimum absolute atomic E-state index is 0.513. The predicted octanol–water partition coefficient (Wildman–Crippen LogP) is 1.52. The van der Waals surface area contributed by atoms with Crippen molar-refractivity contribution in [2.45, 2.75) is 6.92 Å². The van der Waals surface area contributed by atoms with Gasteiger partial charge in [0.2, 0.25) is 5.96 Å². The molecule has 0 radical (unpaired) electrons. The second kappa shape index (κ2) is 5.17. The van der Waals surface area contributed by atoms with Gasteiger partial charge in [-0.15, -0.1) is 0 Å². The maximum Gasteiger partial charge on any atom is 0.221 e. The summed E-state index contributed by atoms with van der Waals surface area (Å²) in [7, 11) is 1.74. The van der Waals surface area contributed by atoms with E-state index >= 15 is 0 Å². The van der Waals surface area contributed by atoms with Crippen LogP contribution in [-0.4, -0.2) is 19.7 Å². The maximum absolute atomic E-state index is 3.93. The third-order valence-electron chi connectivity index (χ3n) is 0.738. The topological polar surface area (TPSA) is 36.8 Å². The summed E-state index contributed by atoms with van der Waals surface area (Å²) >= 11 is 3.23. The van der Waals surface area contributed by atoms with Gasteiger partial charge in [0.05, 0.1) is 0 Å². The highest BCUT2D eigenvalue weighted by molar-refractivity contribution is 9.11. The molecule has 0 atom stereocenters. The van der Waals surface area contributed by atoms with Crippen LogP contribution in [0.1, 0.15) is 6.92 Å². The molecule has 0 heterocycles. The van der Waals surface area contributed by atoms with Crippen molar-refractivity contribution in [2.75, 3.05) is 7.05 Å². The van der Waals surface area contributed by atoms with E-state index in [2.05, 4.69) is 37.9 Å². The van der Waals surface area contributed by atoms with Crippen molar-refractivity contribution >= 4 is 28.6 Å². The van der Waals surface area contributed by atoms with E-state index in [1.54, 1.807) is 13.2 Å². The molecule has 0 rings (SSSR count). The van der Waals surface area contributed by atoms with Crippen LogP contribution in [0.15, 0.2) is 20.7 Å². The maximum atomic E-state index is 3.93. The Kier molecular flexibility index (Phi) is 4.84. The number of aliphatic imine (C=N–C) groups is 2. The Hall–Kier alpha value is -0.640. The first-order valence-electron chi connectivity index (χ1n) is 2.75. The van der Waals surface area contributed by atoms with E-state index in [4.69, 9.17) is 0 Å². The normalized spacial score (nSPS) is 13.1. The number of guanidine groups is 1. The molecule has 10 heavy (non-hydrogen) atoms. The van der Waals surface area contributed by atoms with Crippen LogP contribution in [0, 0.1) is 0 Å². The first kappa shape index (κ1) is 9.36. The number of hydrogen-bond acceptors (Lipinski definition) is 1. The zero-order valence-corrected chi connectivity index (χ0v) is 7.64. The first-order valence-corrected chi connectivity index (χ1v) is 3.54. The lowest BCUT2D eigenvalue weighted by Crippen LogP contribution is -2.14. The third-order valence-corrected chi connectivity index (χ3v) is 0.943. The molecule has 3 nitrogen and oxygen atoms in total. The Bertz CT molecular complexity index is 168.